The van der Waals surface area contributed by atoms with E-state index < -0.39 is 0 Å². The Morgan fingerprint density at radius 3 is 2.80 bits per heavy atom. The van der Waals surface area contributed by atoms with Crippen molar-refractivity contribution in [1.82, 2.24) is 10.2 Å². The summed E-state index contributed by atoms with van der Waals surface area (Å²) in [5, 5.41) is 10.1. The second-order valence-corrected chi connectivity index (χ2v) is 5.17. The number of carbonyl (C=O) groups is 1. The molecule has 0 radical (unpaired) electrons. The average Bonchev–Trinajstić information content (AvgIpc) is 2.86. The minimum absolute atomic E-state index is 0.198. The molecule has 106 valence electrons. The quantitative estimate of drug-likeness (QED) is 0.918. The van der Waals surface area contributed by atoms with Gasteiger partial charge in [-0.25, -0.2) is 0 Å². The van der Waals surface area contributed by atoms with Gasteiger partial charge >= 0.3 is 0 Å². The van der Waals surface area contributed by atoms with E-state index in [9.17, 15) is 4.79 Å². The number of nitrogens with one attached hydrogen (secondary N) is 1. The van der Waals surface area contributed by atoms with Crippen LogP contribution in [-0.2, 0) is 0 Å². The maximum Gasteiger partial charge on any atom is 0.286 e. The third-order valence-corrected chi connectivity index (χ3v) is 3.33. The number of hydrogen-bond acceptors (Lipinski definition) is 6. The van der Waals surface area contributed by atoms with Gasteiger partial charge in [0.05, 0.1) is 13.7 Å². The molecule has 1 aromatic heterocycles. The van der Waals surface area contributed by atoms with Crippen molar-refractivity contribution in [2.45, 2.75) is 6.92 Å². The molecule has 0 bridgehead atoms. The highest BCUT2D eigenvalue weighted by molar-refractivity contribution is 7.17. The normalized spacial score (nSPS) is 10.2. The van der Waals surface area contributed by atoms with Crippen LogP contribution in [0.5, 0.6) is 11.5 Å². The first-order chi connectivity index (χ1) is 9.63. The Morgan fingerprint density at radius 2 is 2.20 bits per heavy atom. The van der Waals surface area contributed by atoms with Crippen LogP contribution >= 0.6 is 22.9 Å². The highest BCUT2D eigenvalue weighted by Gasteiger charge is 2.13. The number of aromatic nitrogens is 2. The standard InChI is InChI=1S/C12H12ClN3O3S/c1-3-19-9-6-7(4-5-8(9)18-2)14-10(17)11-15-16-12(13)20-11/h4-6H,3H2,1-2H3,(H,14,17). The maximum atomic E-state index is 11.9. The number of rotatable bonds is 5. The molecule has 1 N–H and O–H groups in total. The van der Waals surface area contributed by atoms with Gasteiger partial charge in [-0.05, 0) is 30.7 Å². The summed E-state index contributed by atoms with van der Waals surface area (Å²) in [6.07, 6.45) is 0. The van der Waals surface area contributed by atoms with E-state index in [1.165, 1.54) is 0 Å². The molecule has 1 heterocycles. The van der Waals surface area contributed by atoms with Crippen LogP contribution in [0.25, 0.3) is 0 Å². The van der Waals surface area contributed by atoms with E-state index >= 15 is 0 Å². The highest BCUT2D eigenvalue weighted by atomic mass is 35.5. The van der Waals surface area contributed by atoms with E-state index in [2.05, 4.69) is 15.5 Å². The van der Waals surface area contributed by atoms with Crippen LogP contribution in [0.4, 0.5) is 5.69 Å². The fourth-order valence-electron chi connectivity index (χ4n) is 1.50. The number of methoxy groups -OCH3 is 1. The van der Waals surface area contributed by atoms with Crippen LogP contribution < -0.4 is 14.8 Å². The number of amides is 1. The smallest absolute Gasteiger partial charge is 0.286 e. The second kappa shape index (κ2) is 6.53. The molecule has 1 amide bonds. The lowest BCUT2D eigenvalue weighted by Gasteiger charge is -2.11. The Hall–Kier alpha value is -1.86. The average molecular weight is 314 g/mol. The Morgan fingerprint density at radius 1 is 1.40 bits per heavy atom. The zero-order valence-corrected chi connectivity index (χ0v) is 12.4. The third kappa shape index (κ3) is 3.37. The van der Waals surface area contributed by atoms with Crippen molar-refractivity contribution in [2.75, 3.05) is 19.0 Å². The van der Waals surface area contributed by atoms with Crippen LogP contribution in [0, 0.1) is 0 Å². The van der Waals surface area contributed by atoms with Gasteiger partial charge in [0.25, 0.3) is 5.91 Å². The van der Waals surface area contributed by atoms with Crippen LogP contribution in [0.15, 0.2) is 18.2 Å². The van der Waals surface area contributed by atoms with Crippen molar-refractivity contribution < 1.29 is 14.3 Å². The SMILES string of the molecule is CCOc1cc(NC(=O)c2nnc(Cl)s2)ccc1OC. The predicted molar refractivity (Wildman–Crippen MR) is 77.0 cm³/mol. The number of benzene rings is 1. The number of halogens is 1. The maximum absolute atomic E-state index is 11.9. The minimum atomic E-state index is -0.373. The Labute approximate surface area is 124 Å². The Kier molecular flexibility index (Phi) is 4.75. The zero-order valence-electron chi connectivity index (χ0n) is 10.8. The van der Waals surface area contributed by atoms with Crippen molar-refractivity contribution in [3.8, 4) is 11.5 Å². The first-order valence-electron chi connectivity index (χ1n) is 5.75. The molecule has 0 unspecified atom stereocenters. The first kappa shape index (κ1) is 14.5. The minimum Gasteiger partial charge on any atom is -0.493 e. The molecule has 8 heteroatoms. The lowest BCUT2D eigenvalue weighted by Crippen LogP contribution is -2.11. The van der Waals surface area contributed by atoms with Gasteiger partial charge in [-0.2, -0.15) is 0 Å². The molecule has 0 fully saturated rings. The summed E-state index contributed by atoms with van der Waals surface area (Å²) in [4.78, 5) is 11.9. The van der Waals surface area contributed by atoms with Crippen LogP contribution in [0.3, 0.4) is 0 Å². The van der Waals surface area contributed by atoms with Crippen LogP contribution in [-0.4, -0.2) is 29.8 Å². The van der Waals surface area contributed by atoms with Gasteiger partial charge in [-0.3, -0.25) is 4.79 Å². The highest BCUT2D eigenvalue weighted by Crippen LogP contribution is 2.30. The van der Waals surface area contributed by atoms with Gasteiger partial charge in [0, 0.05) is 11.8 Å². The molecule has 0 saturated heterocycles. The first-order valence-corrected chi connectivity index (χ1v) is 6.94. The van der Waals surface area contributed by atoms with E-state index in [4.69, 9.17) is 21.1 Å². The number of hydrogen-bond donors (Lipinski definition) is 1. The summed E-state index contributed by atoms with van der Waals surface area (Å²) in [5.41, 5.74) is 0.575. The predicted octanol–water partition coefficient (Wildman–Crippen LogP) is 2.85. The van der Waals surface area contributed by atoms with E-state index in [0.717, 1.165) is 11.3 Å². The van der Waals surface area contributed by atoms with E-state index in [-0.39, 0.29) is 15.4 Å². The molecular formula is C12H12ClN3O3S. The van der Waals surface area contributed by atoms with Crippen molar-refractivity contribution in [3.05, 3.63) is 27.7 Å². The van der Waals surface area contributed by atoms with Gasteiger partial charge < -0.3 is 14.8 Å². The summed E-state index contributed by atoms with van der Waals surface area (Å²) < 4.78 is 10.8. The van der Waals surface area contributed by atoms with Crippen molar-refractivity contribution in [2.24, 2.45) is 0 Å². The van der Waals surface area contributed by atoms with Crippen LogP contribution in [0.1, 0.15) is 16.7 Å². The molecule has 2 aromatic rings. The molecule has 0 saturated carbocycles. The van der Waals surface area contributed by atoms with E-state index in [0.29, 0.717) is 23.8 Å². The van der Waals surface area contributed by atoms with Gasteiger partial charge in [0.1, 0.15) is 0 Å². The summed E-state index contributed by atoms with van der Waals surface area (Å²) in [6, 6.07) is 5.11. The molecule has 6 nitrogen and oxygen atoms in total. The summed E-state index contributed by atoms with van der Waals surface area (Å²) >= 11 is 6.65. The molecule has 0 aliphatic carbocycles. The van der Waals surface area contributed by atoms with E-state index in [1.54, 1.807) is 25.3 Å². The molecule has 20 heavy (non-hydrogen) atoms. The van der Waals surface area contributed by atoms with Crippen molar-refractivity contribution in [3.63, 3.8) is 0 Å². The molecule has 1 aromatic carbocycles. The van der Waals surface area contributed by atoms with Crippen molar-refractivity contribution >= 4 is 34.5 Å². The number of ether oxygens (including phenoxy) is 2. The monoisotopic (exact) mass is 313 g/mol. The lowest BCUT2D eigenvalue weighted by atomic mass is 10.2. The summed E-state index contributed by atoms with van der Waals surface area (Å²) in [6.45, 7) is 2.37. The van der Waals surface area contributed by atoms with E-state index in [1.807, 2.05) is 6.92 Å². The second-order valence-electron chi connectivity index (χ2n) is 3.61. The number of nitrogens with zero attached hydrogens (tertiary/aromatic N) is 2. The molecule has 0 aliphatic heterocycles. The molecule has 0 aliphatic rings. The number of anilines is 1. The van der Waals surface area contributed by atoms with Gasteiger partial charge in [0.2, 0.25) is 9.47 Å². The Balaban J connectivity index is 2.17. The topological polar surface area (TPSA) is 73.3 Å². The molecule has 2 rings (SSSR count). The Bertz CT molecular complexity index is 618. The summed E-state index contributed by atoms with van der Waals surface area (Å²) in [5.74, 6) is 0.786. The fourth-order valence-corrected chi connectivity index (χ4v) is 2.23. The molecular weight excluding hydrogens is 302 g/mol. The third-order valence-electron chi connectivity index (χ3n) is 2.32. The largest absolute Gasteiger partial charge is 0.493 e. The zero-order chi connectivity index (χ0) is 14.5. The van der Waals surface area contributed by atoms with Gasteiger partial charge in [-0.15, -0.1) is 10.2 Å². The van der Waals surface area contributed by atoms with Crippen LogP contribution in [0.2, 0.25) is 4.47 Å². The number of carbonyl (C=O) groups excluding carboxylic acids is 1. The lowest BCUT2D eigenvalue weighted by molar-refractivity contribution is 0.102. The molecule has 0 atom stereocenters. The van der Waals surface area contributed by atoms with Gasteiger partial charge in [-0.1, -0.05) is 11.3 Å². The van der Waals surface area contributed by atoms with Crippen molar-refractivity contribution in [1.29, 1.82) is 0 Å². The molecule has 0 spiro atoms. The summed E-state index contributed by atoms with van der Waals surface area (Å²) in [7, 11) is 1.55. The fraction of sp³-hybridized carbons (Fsp3) is 0.250. The van der Waals surface area contributed by atoms with Gasteiger partial charge in [0.15, 0.2) is 11.5 Å².